The summed E-state index contributed by atoms with van der Waals surface area (Å²) < 4.78 is 26.8. The number of benzene rings is 2. The van der Waals surface area contributed by atoms with Crippen LogP contribution in [0.3, 0.4) is 0 Å². The standard InChI is InChI=1S/C16H19NO2S3/c1-13-3-7-15(8-4-13)21-20-12-11-17-22(18,19)16-9-5-14(2)6-10-16/h3-10,17H,11-12H2,1-2H3. The van der Waals surface area contributed by atoms with Gasteiger partial charge >= 0.3 is 0 Å². The van der Waals surface area contributed by atoms with Gasteiger partial charge in [0, 0.05) is 17.2 Å². The molecule has 0 unspecified atom stereocenters. The van der Waals surface area contributed by atoms with Crippen LogP contribution in [0.15, 0.2) is 58.3 Å². The lowest BCUT2D eigenvalue weighted by molar-refractivity contribution is 0.584. The predicted molar refractivity (Wildman–Crippen MR) is 95.9 cm³/mol. The van der Waals surface area contributed by atoms with Crippen molar-refractivity contribution in [2.45, 2.75) is 23.6 Å². The predicted octanol–water partition coefficient (Wildman–Crippen LogP) is 4.02. The Bertz CT molecular complexity index is 695. The van der Waals surface area contributed by atoms with Crippen LogP contribution >= 0.6 is 21.6 Å². The molecule has 1 N–H and O–H groups in total. The summed E-state index contributed by atoms with van der Waals surface area (Å²) in [4.78, 5) is 1.49. The third-order valence-corrected chi connectivity index (χ3v) is 6.85. The molecule has 2 rings (SSSR count). The van der Waals surface area contributed by atoms with Gasteiger partial charge in [0.15, 0.2) is 0 Å². The fourth-order valence-electron chi connectivity index (χ4n) is 1.72. The highest BCUT2D eigenvalue weighted by Crippen LogP contribution is 2.30. The van der Waals surface area contributed by atoms with Gasteiger partial charge in [-0.25, -0.2) is 13.1 Å². The highest BCUT2D eigenvalue weighted by molar-refractivity contribution is 8.76. The molecule has 0 radical (unpaired) electrons. The zero-order valence-corrected chi connectivity index (χ0v) is 15.0. The molecule has 0 bridgehead atoms. The van der Waals surface area contributed by atoms with Crippen LogP contribution in [-0.2, 0) is 10.0 Å². The summed E-state index contributed by atoms with van der Waals surface area (Å²) in [7, 11) is -0.101. The molecule has 22 heavy (non-hydrogen) atoms. The molecule has 0 fully saturated rings. The zero-order valence-electron chi connectivity index (χ0n) is 12.6. The van der Waals surface area contributed by atoms with Gasteiger partial charge < -0.3 is 0 Å². The van der Waals surface area contributed by atoms with Crippen molar-refractivity contribution in [1.29, 1.82) is 0 Å². The van der Waals surface area contributed by atoms with E-state index in [2.05, 4.69) is 35.9 Å². The molecular formula is C16H19NO2S3. The first-order chi connectivity index (χ1) is 10.5. The molecule has 0 aliphatic rings. The molecule has 0 aromatic heterocycles. The Morgan fingerprint density at radius 3 is 2.05 bits per heavy atom. The number of sulfonamides is 1. The molecule has 0 saturated heterocycles. The topological polar surface area (TPSA) is 46.2 Å². The van der Waals surface area contributed by atoms with E-state index in [4.69, 9.17) is 0 Å². The van der Waals surface area contributed by atoms with E-state index in [-0.39, 0.29) is 0 Å². The summed E-state index contributed by atoms with van der Waals surface area (Å²) >= 11 is 0. The lowest BCUT2D eigenvalue weighted by atomic mass is 10.2. The van der Waals surface area contributed by atoms with Crippen LogP contribution < -0.4 is 4.72 Å². The number of nitrogens with one attached hydrogen (secondary N) is 1. The van der Waals surface area contributed by atoms with E-state index in [0.29, 0.717) is 17.2 Å². The SMILES string of the molecule is Cc1ccc(SSCCNS(=O)(=O)c2ccc(C)cc2)cc1. The van der Waals surface area contributed by atoms with Gasteiger partial charge in [-0.3, -0.25) is 0 Å². The third-order valence-electron chi connectivity index (χ3n) is 2.98. The molecule has 0 spiro atoms. The zero-order chi connectivity index (χ0) is 16.0. The maximum absolute atomic E-state index is 12.1. The fourth-order valence-corrected chi connectivity index (χ4v) is 4.78. The first-order valence-electron chi connectivity index (χ1n) is 6.90. The summed E-state index contributed by atoms with van der Waals surface area (Å²) in [5.41, 5.74) is 2.28. The molecule has 0 aliphatic carbocycles. The minimum absolute atomic E-state index is 0.314. The van der Waals surface area contributed by atoms with Crippen LogP contribution in [0.1, 0.15) is 11.1 Å². The molecule has 0 amide bonds. The number of aryl methyl sites for hydroxylation is 2. The lowest BCUT2D eigenvalue weighted by Gasteiger charge is -2.07. The average Bonchev–Trinajstić information content (AvgIpc) is 2.49. The quantitative estimate of drug-likeness (QED) is 0.603. The van der Waals surface area contributed by atoms with Crippen LogP contribution in [0.4, 0.5) is 0 Å². The van der Waals surface area contributed by atoms with E-state index in [1.54, 1.807) is 45.9 Å². The maximum Gasteiger partial charge on any atom is 0.240 e. The summed E-state index contributed by atoms with van der Waals surface area (Å²) in [5.74, 6) is 0.712. The van der Waals surface area contributed by atoms with Gasteiger partial charge in [-0.15, -0.1) is 0 Å². The highest BCUT2D eigenvalue weighted by atomic mass is 33.1. The van der Waals surface area contributed by atoms with Gasteiger partial charge in [-0.2, -0.15) is 0 Å². The second kappa shape index (κ2) is 8.06. The van der Waals surface area contributed by atoms with Crippen LogP contribution in [-0.4, -0.2) is 20.7 Å². The minimum atomic E-state index is -3.40. The van der Waals surface area contributed by atoms with Crippen LogP contribution in [0.25, 0.3) is 0 Å². The van der Waals surface area contributed by atoms with E-state index in [1.165, 1.54) is 10.5 Å². The Morgan fingerprint density at radius 1 is 0.909 bits per heavy atom. The smallest absolute Gasteiger partial charge is 0.210 e. The van der Waals surface area contributed by atoms with Crippen molar-refractivity contribution in [3.63, 3.8) is 0 Å². The molecule has 2 aromatic carbocycles. The van der Waals surface area contributed by atoms with Crippen molar-refractivity contribution in [2.75, 3.05) is 12.3 Å². The van der Waals surface area contributed by atoms with Crippen molar-refractivity contribution in [2.24, 2.45) is 0 Å². The Balaban J connectivity index is 1.76. The Labute approximate surface area is 140 Å². The summed E-state index contributed by atoms with van der Waals surface area (Å²) in [6.45, 7) is 4.41. The number of rotatable bonds is 7. The molecule has 2 aromatic rings. The molecule has 6 heteroatoms. The molecule has 3 nitrogen and oxygen atoms in total. The average molecular weight is 354 g/mol. The first-order valence-corrected chi connectivity index (χ1v) is 10.7. The van der Waals surface area contributed by atoms with E-state index in [0.717, 1.165) is 5.56 Å². The monoisotopic (exact) mass is 353 g/mol. The largest absolute Gasteiger partial charge is 0.240 e. The summed E-state index contributed by atoms with van der Waals surface area (Å²) in [6.07, 6.45) is 0. The van der Waals surface area contributed by atoms with Gasteiger partial charge in [0.05, 0.1) is 4.90 Å². The van der Waals surface area contributed by atoms with Gasteiger partial charge in [-0.05, 0) is 38.1 Å². The Kier molecular flexibility index (Phi) is 6.37. The van der Waals surface area contributed by atoms with Crippen molar-refractivity contribution >= 4 is 31.6 Å². The fraction of sp³-hybridized carbons (Fsp3) is 0.250. The van der Waals surface area contributed by atoms with E-state index in [1.807, 2.05) is 6.92 Å². The summed E-state index contributed by atoms with van der Waals surface area (Å²) in [6, 6.07) is 15.2. The number of hydrogen-bond acceptors (Lipinski definition) is 4. The Morgan fingerprint density at radius 2 is 1.45 bits per heavy atom. The third kappa shape index (κ3) is 5.35. The minimum Gasteiger partial charge on any atom is -0.210 e. The molecule has 0 atom stereocenters. The summed E-state index contributed by atoms with van der Waals surface area (Å²) in [5, 5.41) is 0. The number of hydrogen-bond donors (Lipinski definition) is 1. The van der Waals surface area contributed by atoms with Crippen LogP contribution in [0.2, 0.25) is 0 Å². The molecule has 0 aliphatic heterocycles. The van der Waals surface area contributed by atoms with E-state index < -0.39 is 10.0 Å². The second-order valence-electron chi connectivity index (χ2n) is 4.93. The normalized spacial score (nSPS) is 11.5. The van der Waals surface area contributed by atoms with Gasteiger partial charge in [0.1, 0.15) is 0 Å². The Hall–Kier alpha value is -0.950. The lowest BCUT2D eigenvalue weighted by Crippen LogP contribution is -2.25. The van der Waals surface area contributed by atoms with Crippen molar-refractivity contribution < 1.29 is 8.42 Å². The van der Waals surface area contributed by atoms with Crippen molar-refractivity contribution in [1.82, 2.24) is 4.72 Å². The maximum atomic E-state index is 12.1. The molecule has 0 saturated carbocycles. The van der Waals surface area contributed by atoms with Gasteiger partial charge in [0.2, 0.25) is 10.0 Å². The molecule has 0 heterocycles. The van der Waals surface area contributed by atoms with E-state index in [9.17, 15) is 8.42 Å². The van der Waals surface area contributed by atoms with Crippen LogP contribution in [0.5, 0.6) is 0 Å². The first kappa shape index (κ1) is 17.4. The van der Waals surface area contributed by atoms with Crippen molar-refractivity contribution in [3.05, 3.63) is 59.7 Å². The van der Waals surface area contributed by atoms with Crippen LogP contribution in [0, 0.1) is 13.8 Å². The molecular weight excluding hydrogens is 334 g/mol. The molecule has 118 valence electrons. The highest BCUT2D eigenvalue weighted by Gasteiger charge is 2.12. The van der Waals surface area contributed by atoms with Crippen molar-refractivity contribution in [3.8, 4) is 0 Å². The van der Waals surface area contributed by atoms with E-state index >= 15 is 0 Å². The van der Waals surface area contributed by atoms with Gasteiger partial charge in [0.25, 0.3) is 0 Å². The van der Waals surface area contributed by atoms with Gasteiger partial charge in [-0.1, -0.05) is 57.0 Å². The second-order valence-corrected chi connectivity index (χ2v) is 9.19.